The minimum atomic E-state index is 0.708. The number of nitrogens with zero attached hydrogens (tertiary/aromatic N) is 3. The van der Waals surface area contributed by atoms with Gasteiger partial charge in [0.1, 0.15) is 0 Å². The average molecular weight is 281 g/mol. The van der Waals surface area contributed by atoms with Gasteiger partial charge in [-0.3, -0.25) is 14.9 Å². The molecule has 3 heteroatoms. The number of hydrogen-bond donors (Lipinski definition) is 0. The SMILES string of the molecule is Cc1ccc(CN2CCCC2CCc2ccncc2)cn1. The van der Waals surface area contributed by atoms with Gasteiger partial charge in [-0.25, -0.2) is 0 Å². The highest BCUT2D eigenvalue weighted by Gasteiger charge is 2.24. The highest BCUT2D eigenvalue weighted by molar-refractivity contribution is 5.14. The molecule has 110 valence electrons. The summed E-state index contributed by atoms with van der Waals surface area (Å²) in [6.07, 6.45) is 10.8. The standard InChI is InChI=1S/C18H23N3/c1-15-4-5-17(13-20-15)14-21-12-2-3-18(21)7-6-16-8-10-19-11-9-16/h4-5,8-11,13,18H,2-3,6-7,12,14H2,1H3. The van der Waals surface area contributed by atoms with Gasteiger partial charge in [-0.1, -0.05) is 6.07 Å². The first-order valence-corrected chi connectivity index (χ1v) is 7.86. The van der Waals surface area contributed by atoms with E-state index in [0.29, 0.717) is 6.04 Å². The summed E-state index contributed by atoms with van der Waals surface area (Å²) in [6, 6.07) is 9.28. The van der Waals surface area contributed by atoms with Gasteiger partial charge < -0.3 is 0 Å². The Hall–Kier alpha value is -1.74. The minimum Gasteiger partial charge on any atom is -0.296 e. The van der Waals surface area contributed by atoms with Crippen molar-refractivity contribution >= 4 is 0 Å². The van der Waals surface area contributed by atoms with Gasteiger partial charge in [0.2, 0.25) is 0 Å². The molecule has 3 heterocycles. The average Bonchev–Trinajstić information content (AvgIpc) is 2.96. The van der Waals surface area contributed by atoms with Crippen molar-refractivity contribution in [2.75, 3.05) is 6.54 Å². The molecule has 0 aromatic carbocycles. The van der Waals surface area contributed by atoms with E-state index in [1.54, 1.807) is 0 Å². The molecule has 3 rings (SSSR count). The minimum absolute atomic E-state index is 0.708. The Kier molecular flexibility index (Phi) is 4.61. The maximum absolute atomic E-state index is 4.41. The van der Waals surface area contributed by atoms with Gasteiger partial charge in [-0.05, 0) is 68.5 Å². The zero-order valence-corrected chi connectivity index (χ0v) is 12.7. The first-order valence-electron chi connectivity index (χ1n) is 7.86. The predicted molar refractivity (Wildman–Crippen MR) is 85.0 cm³/mol. The summed E-state index contributed by atoms with van der Waals surface area (Å²) in [4.78, 5) is 11.1. The normalized spacial score (nSPS) is 19.0. The molecule has 1 atom stereocenters. The maximum atomic E-state index is 4.41. The Morgan fingerprint density at radius 1 is 1.14 bits per heavy atom. The molecule has 21 heavy (non-hydrogen) atoms. The first kappa shape index (κ1) is 14.2. The van der Waals surface area contributed by atoms with Crippen LogP contribution in [0.15, 0.2) is 42.9 Å². The van der Waals surface area contributed by atoms with Crippen LogP contribution in [-0.2, 0) is 13.0 Å². The molecule has 2 aromatic heterocycles. The first-order chi connectivity index (χ1) is 10.3. The molecular weight excluding hydrogens is 258 g/mol. The molecule has 2 aromatic rings. The van der Waals surface area contributed by atoms with Crippen LogP contribution >= 0.6 is 0 Å². The zero-order chi connectivity index (χ0) is 14.5. The molecule has 1 aliphatic heterocycles. The van der Waals surface area contributed by atoms with E-state index < -0.39 is 0 Å². The Labute approximate surface area is 127 Å². The lowest BCUT2D eigenvalue weighted by Crippen LogP contribution is -2.29. The van der Waals surface area contributed by atoms with Crippen molar-refractivity contribution < 1.29 is 0 Å². The highest BCUT2D eigenvalue weighted by Crippen LogP contribution is 2.23. The van der Waals surface area contributed by atoms with Crippen molar-refractivity contribution in [1.82, 2.24) is 14.9 Å². The van der Waals surface area contributed by atoms with Crippen LogP contribution in [0.1, 0.15) is 36.1 Å². The smallest absolute Gasteiger partial charge is 0.0372 e. The molecule has 0 bridgehead atoms. The second-order valence-electron chi connectivity index (χ2n) is 5.97. The van der Waals surface area contributed by atoms with Gasteiger partial charge in [0.15, 0.2) is 0 Å². The van der Waals surface area contributed by atoms with Crippen LogP contribution in [0.4, 0.5) is 0 Å². The fourth-order valence-corrected chi connectivity index (χ4v) is 3.14. The number of pyridine rings is 2. The van der Waals surface area contributed by atoms with Gasteiger partial charge in [0.05, 0.1) is 0 Å². The van der Waals surface area contributed by atoms with Gasteiger partial charge >= 0.3 is 0 Å². The van der Waals surface area contributed by atoms with E-state index in [9.17, 15) is 0 Å². The molecule has 0 saturated carbocycles. The van der Waals surface area contributed by atoms with E-state index in [4.69, 9.17) is 0 Å². The molecule has 0 amide bonds. The summed E-state index contributed by atoms with van der Waals surface area (Å²) in [7, 11) is 0. The van der Waals surface area contributed by atoms with Gasteiger partial charge in [-0.15, -0.1) is 0 Å². The van der Waals surface area contributed by atoms with Crippen molar-refractivity contribution in [2.24, 2.45) is 0 Å². The third kappa shape index (κ3) is 3.88. The fourth-order valence-electron chi connectivity index (χ4n) is 3.14. The number of hydrogen-bond acceptors (Lipinski definition) is 3. The number of aromatic nitrogens is 2. The molecule has 1 fully saturated rings. The summed E-state index contributed by atoms with van der Waals surface area (Å²) in [6.45, 7) is 4.29. The third-order valence-corrected chi connectivity index (χ3v) is 4.37. The molecule has 1 saturated heterocycles. The monoisotopic (exact) mass is 281 g/mol. The molecule has 0 spiro atoms. The molecule has 1 unspecified atom stereocenters. The Balaban J connectivity index is 1.56. The lowest BCUT2D eigenvalue weighted by molar-refractivity contribution is 0.234. The second kappa shape index (κ2) is 6.81. The topological polar surface area (TPSA) is 29.0 Å². The van der Waals surface area contributed by atoms with Crippen LogP contribution in [0.2, 0.25) is 0 Å². The van der Waals surface area contributed by atoms with Crippen molar-refractivity contribution in [3.8, 4) is 0 Å². The summed E-state index contributed by atoms with van der Waals surface area (Å²) in [5.41, 5.74) is 3.82. The van der Waals surface area contributed by atoms with Crippen LogP contribution < -0.4 is 0 Å². The van der Waals surface area contributed by atoms with Crippen molar-refractivity contribution in [3.05, 3.63) is 59.7 Å². The zero-order valence-electron chi connectivity index (χ0n) is 12.7. The largest absolute Gasteiger partial charge is 0.296 e. The Bertz CT molecular complexity index is 550. The predicted octanol–water partition coefficient (Wildman–Crippen LogP) is 3.38. The molecular formula is C18H23N3. The van der Waals surface area contributed by atoms with Gasteiger partial charge in [0, 0.05) is 36.9 Å². The summed E-state index contributed by atoms with van der Waals surface area (Å²) in [5.74, 6) is 0. The molecule has 3 nitrogen and oxygen atoms in total. The lowest BCUT2D eigenvalue weighted by atomic mass is 10.0. The van der Waals surface area contributed by atoms with E-state index in [2.05, 4.69) is 39.1 Å². The molecule has 0 radical (unpaired) electrons. The van der Waals surface area contributed by atoms with E-state index in [-0.39, 0.29) is 0 Å². The second-order valence-corrected chi connectivity index (χ2v) is 5.97. The quantitative estimate of drug-likeness (QED) is 0.841. The van der Waals surface area contributed by atoms with Crippen molar-refractivity contribution in [3.63, 3.8) is 0 Å². The van der Waals surface area contributed by atoms with Crippen LogP contribution in [0.25, 0.3) is 0 Å². The van der Waals surface area contributed by atoms with Crippen LogP contribution in [0, 0.1) is 6.92 Å². The van der Waals surface area contributed by atoms with E-state index >= 15 is 0 Å². The lowest BCUT2D eigenvalue weighted by Gasteiger charge is -2.24. The molecule has 1 aliphatic rings. The number of rotatable bonds is 5. The molecule has 0 N–H and O–H groups in total. The van der Waals surface area contributed by atoms with Crippen LogP contribution in [-0.4, -0.2) is 27.5 Å². The van der Waals surface area contributed by atoms with E-state index in [0.717, 1.165) is 18.7 Å². The van der Waals surface area contributed by atoms with E-state index in [1.165, 1.54) is 36.9 Å². The van der Waals surface area contributed by atoms with E-state index in [1.807, 2.05) is 25.5 Å². The van der Waals surface area contributed by atoms with Crippen LogP contribution in [0.5, 0.6) is 0 Å². The number of aryl methyl sites for hydroxylation is 2. The molecule has 0 aliphatic carbocycles. The van der Waals surface area contributed by atoms with Gasteiger partial charge in [-0.2, -0.15) is 0 Å². The number of likely N-dealkylation sites (tertiary alicyclic amines) is 1. The van der Waals surface area contributed by atoms with Crippen molar-refractivity contribution in [2.45, 2.75) is 45.2 Å². The maximum Gasteiger partial charge on any atom is 0.0372 e. The summed E-state index contributed by atoms with van der Waals surface area (Å²) in [5, 5.41) is 0. The van der Waals surface area contributed by atoms with Crippen molar-refractivity contribution in [1.29, 1.82) is 0 Å². The van der Waals surface area contributed by atoms with Crippen LogP contribution in [0.3, 0.4) is 0 Å². The Morgan fingerprint density at radius 2 is 2.00 bits per heavy atom. The highest BCUT2D eigenvalue weighted by atomic mass is 15.2. The van der Waals surface area contributed by atoms with Gasteiger partial charge in [0.25, 0.3) is 0 Å². The summed E-state index contributed by atoms with van der Waals surface area (Å²) < 4.78 is 0. The third-order valence-electron chi connectivity index (χ3n) is 4.37. The fraction of sp³-hybridized carbons (Fsp3) is 0.444. The Morgan fingerprint density at radius 3 is 2.76 bits per heavy atom. The summed E-state index contributed by atoms with van der Waals surface area (Å²) >= 11 is 0.